The van der Waals surface area contributed by atoms with Crippen molar-refractivity contribution in [3.63, 3.8) is 0 Å². The molecule has 2 aromatic rings. The number of carbonyl (C=O) groups is 2. The lowest BCUT2D eigenvalue weighted by Gasteiger charge is -2.19. The second-order valence-corrected chi connectivity index (χ2v) is 5.34. The number of benzene rings is 2. The average molecular weight is 330 g/mol. The van der Waals surface area contributed by atoms with Crippen LogP contribution >= 0.6 is 0 Å². The van der Waals surface area contributed by atoms with Gasteiger partial charge in [0.1, 0.15) is 12.1 Å². The Labute approximate surface area is 141 Å². The van der Waals surface area contributed by atoms with Gasteiger partial charge in [0.25, 0.3) is 0 Å². The number of hydrogen-bond donors (Lipinski definition) is 3. The van der Waals surface area contributed by atoms with Crippen LogP contribution in [0.2, 0.25) is 0 Å². The zero-order valence-electron chi connectivity index (χ0n) is 13.7. The van der Waals surface area contributed by atoms with Crippen molar-refractivity contribution in [1.29, 1.82) is 0 Å². The molecular formula is C18H22N2O4. The van der Waals surface area contributed by atoms with Crippen LogP contribution in [0.3, 0.4) is 0 Å². The molecule has 0 amide bonds. The van der Waals surface area contributed by atoms with Gasteiger partial charge in [0, 0.05) is 0 Å². The van der Waals surface area contributed by atoms with Gasteiger partial charge in [-0.3, -0.25) is 14.5 Å². The number of hydrogen-bond acceptors (Lipinski definition) is 4. The first kappa shape index (κ1) is 19.3. The minimum Gasteiger partial charge on any atom is -0.480 e. The highest BCUT2D eigenvalue weighted by Gasteiger charge is 2.21. The van der Waals surface area contributed by atoms with Crippen molar-refractivity contribution in [3.05, 3.63) is 71.8 Å². The van der Waals surface area contributed by atoms with Gasteiger partial charge in [-0.05, 0) is 25.2 Å². The van der Waals surface area contributed by atoms with Crippen molar-refractivity contribution >= 4 is 11.9 Å². The predicted molar refractivity (Wildman–Crippen MR) is 91.5 cm³/mol. The van der Waals surface area contributed by atoms with Crippen molar-refractivity contribution in [3.8, 4) is 0 Å². The Morgan fingerprint density at radius 1 is 0.833 bits per heavy atom. The molecule has 0 heterocycles. The largest absolute Gasteiger partial charge is 0.480 e. The minimum atomic E-state index is -1.00. The lowest BCUT2D eigenvalue weighted by atomic mass is 10.1. The smallest absolute Gasteiger partial charge is 0.325 e. The van der Waals surface area contributed by atoms with Crippen LogP contribution in [0.5, 0.6) is 0 Å². The van der Waals surface area contributed by atoms with Crippen molar-refractivity contribution in [2.75, 3.05) is 14.1 Å². The Bertz CT molecular complexity index is 645. The van der Waals surface area contributed by atoms with E-state index in [1.165, 1.54) is 0 Å². The molecule has 6 heteroatoms. The minimum absolute atomic E-state index is 0.554. The van der Waals surface area contributed by atoms with E-state index in [-0.39, 0.29) is 0 Å². The molecule has 0 saturated heterocycles. The van der Waals surface area contributed by atoms with Gasteiger partial charge in [-0.1, -0.05) is 60.7 Å². The number of nitrogens with two attached hydrogens (primary N) is 1. The molecule has 128 valence electrons. The SMILES string of the molecule is CN(C)C(C(=O)O)c1ccccc1.NC(C(=O)O)c1ccccc1. The van der Waals surface area contributed by atoms with E-state index in [1.54, 1.807) is 43.3 Å². The maximum Gasteiger partial charge on any atom is 0.325 e. The molecule has 2 aromatic carbocycles. The molecule has 2 unspecified atom stereocenters. The Morgan fingerprint density at radius 3 is 1.58 bits per heavy atom. The number of nitrogens with zero attached hydrogens (tertiary/aromatic N) is 1. The zero-order valence-corrected chi connectivity index (χ0v) is 13.7. The number of carboxylic acids is 2. The van der Waals surface area contributed by atoms with Crippen LogP contribution in [0.15, 0.2) is 60.7 Å². The summed E-state index contributed by atoms with van der Waals surface area (Å²) in [4.78, 5) is 23.0. The molecule has 0 aliphatic heterocycles. The fourth-order valence-electron chi connectivity index (χ4n) is 2.10. The molecule has 2 atom stereocenters. The maximum absolute atomic E-state index is 10.9. The highest BCUT2D eigenvalue weighted by atomic mass is 16.4. The summed E-state index contributed by atoms with van der Waals surface area (Å²) in [5.41, 5.74) is 6.77. The normalized spacial score (nSPS) is 12.7. The first-order valence-corrected chi connectivity index (χ1v) is 7.32. The third kappa shape index (κ3) is 5.83. The molecule has 0 aromatic heterocycles. The molecule has 0 aliphatic rings. The maximum atomic E-state index is 10.9. The number of carboxylic acid groups (broad SMARTS) is 2. The Balaban J connectivity index is 0.000000243. The van der Waals surface area contributed by atoms with Crippen molar-refractivity contribution in [1.82, 2.24) is 4.90 Å². The zero-order chi connectivity index (χ0) is 18.1. The molecule has 0 fully saturated rings. The van der Waals surface area contributed by atoms with E-state index in [9.17, 15) is 9.59 Å². The predicted octanol–water partition coefficient (Wildman–Crippen LogP) is 2.14. The summed E-state index contributed by atoms with van der Waals surface area (Å²) in [6, 6.07) is 16.5. The van der Waals surface area contributed by atoms with E-state index in [0.29, 0.717) is 5.56 Å². The standard InChI is InChI=1S/C10H13NO2.C8H9NO2/c1-11(2)9(10(12)13)8-6-4-3-5-7-8;9-7(8(10)11)6-4-2-1-3-5-6/h3-7,9H,1-2H3,(H,12,13);1-5,7H,9H2,(H,10,11). The van der Waals surface area contributed by atoms with Gasteiger partial charge in [0.2, 0.25) is 0 Å². The van der Waals surface area contributed by atoms with Crippen molar-refractivity contribution in [2.45, 2.75) is 12.1 Å². The van der Waals surface area contributed by atoms with E-state index < -0.39 is 24.0 Å². The Kier molecular flexibility index (Phi) is 7.61. The van der Waals surface area contributed by atoms with Crippen LogP contribution in [0.1, 0.15) is 23.2 Å². The summed E-state index contributed by atoms with van der Waals surface area (Å²) >= 11 is 0. The Hall–Kier alpha value is -2.70. The van der Waals surface area contributed by atoms with E-state index in [0.717, 1.165) is 5.56 Å². The molecule has 6 nitrogen and oxygen atoms in total. The molecule has 0 saturated carbocycles. The number of aliphatic carboxylic acids is 2. The van der Waals surface area contributed by atoms with Gasteiger partial charge in [0.05, 0.1) is 0 Å². The summed E-state index contributed by atoms with van der Waals surface area (Å²) in [5, 5.41) is 17.5. The van der Waals surface area contributed by atoms with Gasteiger partial charge >= 0.3 is 11.9 Å². The molecule has 4 N–H and O–H groups in total. The van der Waals surface area contributed by atoms with E-state index >= 15 is 0 Å². The second kappa shape index (κ2) is 9.44. The monoisotopic (exact) mass is 330 g/mol. The molecule has 0 radical (unpaired) electrons. The first-order valence-electron chi connectivity index (χ1n) is 7.32. The quantitative estimate of drug-likeness (QED) is 0.776. The van der Waals surface area contributed by atoms with Crippen LogP contribution in [0.4, 0.5) is 0 Å². The second-order valence-electron chi connectivity index (χ2n) is 5.34. The van der Waals surface area contributed by atoms with Gasteiger partial charge in [-0.15, -0.1) is 0 Å². The highest BCUT2D eigenvalue weighted by molar-refractivity contribution is 5.75. The lowest BCUT2D eigenvalue weighted by molar-refractivity contribution is -0.142. The Morgan fingerprint density at radius 2 is 1.25 bits per heavy atom. The van der Waals surface area contributed by atoms with Gasteiger partial charge < -0.3 is 15.9 Å². The van der Waals surface area contributed by atoms with Crippen LogP contribution in [-0.4, -0.2) is 41.1 Å². The third-order valence-electron chi connectivity index (χ3n) is 3.29. The van der Waals surface area contributed by atoms with Gasteiger partial charge in [0.15, 0.2) is 0 Å². The van der Waals surface area contributed by atoms with Gasteiger partial charge in [-0.2, -0.15) is 0 Å². The summed E-state index contributed by atoms with van der Waals surface area (Å²) in [6.07, 6.45) is 0. The molecule has 0 spiro atoms. The van der Waals surface area contributed by atoms with Crippen molar-refractivity contribution < 1.29 is 19.8 Å². The first-order chi connectivity index (χ1) is 11.3. The van der Waals surface area contributed by atoms with Crippen LogP contribution < -0.4 is 5.73 Å². The molecule has 2 rings (SSSR count). The van der Waals surface area contributed by atoms with E-state index in [4.69, 9.17) is 15.9 Å². The fourth-order valence-corrected chi connectivity index (χ4v) is 2.10. The average Bonchev–Trinajstić information content (AvgIpc) is 2.56. The summed E-state index contributed by atoms with van der Waals surface area (Å²) in [5.74, 6) is -1.83. The topological polar surface area (TPSA) is 104 Å². The van der Waals surface area contributed by atoms with Crippen LogP contribution in [-0.2, 0) is 9.59 Å². The molecule has 0 bridgehead atoms. The third-order valence-corrected chi connectivity index (χ3v) is 3.29. The molecule has 24 heavy (non-hydrogen) atoms. The van der Waals surface area contributed by atoms with Gasteiger partial charge in [-0.25, -0.2) is 0 Å². The van der Waals surface area contributed by atoms with Crippen LogP contribution in [0.25, 0.3) is 0 Å². The summed E-state index contributed by atoms with van der Waals surface area (Å²) in [6.45, 7) is 0. The fraction of sp³-hybridized carbons (Fsp3) is 0.222. The van der Waals surface area contributed by atoms with Crippen molar-refractivity contribution in [2.24, 2.45) is 5.73 Å². The highest BCUT2D eigenvalue weighted by Crippen LogP contribution is 2.17. The lowest BCUT2D eigenvalue weighted by Crippen LogP contribution is -2.27. The van der Waals surface area contributed by atoms with E-state index in [2.05, 4.69) is 0 Å². The summed E-state index contributed by atoms with van der Waals surface area (Å²) in [7, 11) is 3.51. The molecule has 0 aliphatic carbocycles. The van der Waals surface area contributed by atoms with E-state index in [1.807, 2.05) is 36.4 Å². The number of rotatable bonds is 5. The number of likely N-dealkylation sites (N-methyl/N-ethyl adjacent to an activating group) is 1. The molecular weight excluding hydrogens is 308 g/mol. The summed E-state index contributed by atoms with van der Waals surface area (Å²) < 4.78 is 0. The van der Waals surface area contributed by atoms with Crippen LogP contribution in [0, 0.1) is 0 Å².